The van der Waals surface area contributed by atoms with Gasteiger partial charge in [-0.3, -0.25) is 0 Å². The zero-order chi connectivity index (χ0) is 24.0. The highest BCUT2D eigenvalue weighted by molar-refractivity contribution is 6.31. The molecular weight excluding hydrogens is 448 g/mol. The lowest BCUT2D eigenvalue weighted by Crippen LogP contribution is -2.55. The Morgan fingerprint density at radius 3 is 2.24 bits per heavy atom. The summed E-state index contributed by atoms with van der Waals surface area (Å²) in [5.74, 6) is 0. The number of ether oxygens (including phenoxy) is 2. The molecule has 0 radical (unpaired) electrons. The van der Waals surface area contributed by atoms with Crippen LogP contribution in [0.2, 0.25) is 5.02 Å². The average molecular weight is 481 g/mol. The highest BCUT2D eigenvalue weighted by Crippen LogP contribution is 2.37. The molecule has 0 amide bonds. The lowest BCUT2D eigenvalue weighted by molar-refractivity contribution is -0.231. The molecule has 3 rings (SSSR count). The Labute approximate surface area is 199 Å². The van der Waals surface area contributed by atoms with Gasteiger partial charge in [-0.2, -0.15) is 0 Å². The molecule has 0 bridgehead atoms. The molecule has 5 N–H and O–H groups in total. The van der Waals surface area contributed by atoms with E-state index in [1.54, 1.807) is 6.07 Å². The molecule has 1 aliphatic rings. The molecule has 2 aromatic carbocycles. The Kier molecular flexibility index (Phi) is 9.67. The van der Waals surface area contributed by atoms with Crippen LogP contribution >= 0.6 is 11.6 Å². The third kappa shape index (κ3) is 6.32. The molecule has 0 saturated carbocycles. The van der Waals surface area contributed by atoms with E-state index in [0.29, 0.717) is 30.0 Å². The van der Waals surface area contributed by atoms with Gasteiger partial charge in [-0.05, 0) is 53.1 Å². The standard InChI is InChI=1S/C25H33ClO7/c1-2-15-3-5-16(6-4-15)11-18-12-19(17(13-20(18)26)7-9-32-10-8-27)25-24(31)23(30)22(29)21(14-28)33-25/h3-6,12-13,21-25,27-31H,2,7-11,14H2,1H3/t21-,22-,23+,24-,25+/m1/s1. The van der Waals surface area contributed by atoms with E-state index in [9.17, 15) is 20.4 Å². The summed E-state index contributed by atoms with van der Waals surface area (Å²) >= 11 is 6.62. The Morgan fingerprint density at radius 1 is 0.909 bits per heavy atom. The van der Waals surface area contributed by atoms with E-state index >= 15 is 0 Å². The molecule has 0 spiro atoms. The third-order valence-corrected chi connectivity index (χ3v) is 6.44. The van der Waals surface area contributed by atoms with Crippen molar-refractivity contribution in [2.45, 2.75) is 56.7 Å². The van der Waals surface area contributed by atoms with Crippen molar-refractivity contribution in [2.24, 2.45) is 0 Å². The molecule has 0 unspecified atom stereocenters. The maximum absolute atomic E-state index is 10.7. The number of halogens is 1. The van der Waals surface area contributed by atoms with Crippen LogP contribution in [0.4, 0.5) is 0 Å². The quantitative estimate of drug-likeness (QED) is 0.327. The van der Waals surface area contributed by atoms with Crippen LogP contribution in [0.25, 0.3) is 0 Å². The summed E-state index contributed by atoms with van der Waals surface area (Å²) in [6.07, 6.45) is -4.31. The summed E-state index contributed by atoms with van der Waals surface area (Å²) in [6, 6.07) is 11.9. The van der Waals surface area contributed by atoms with Crippen LogP contribution in [0.5, 0.6) is 0 Å². The SMILES string of the molecule is CCc1ccc(Cc2cc([C@@H]3O[C@H](CO)[C@@H](O)[C@H](O)[C@H]3O)c(CCOCCO)cc2Cl)cc1. The number of aliphatic hydroxyl groups excluding tert-OH is 5. The van der Waals surface area contributed by atoms with Crippen LogP contribution in [-0.2, 0) is 28.7 Å². The van der Waals surface area contributed by atoms with Crippen molar-refractivity contribution in [3.63, 3.8) is 0 Å². The first kappa shape index (κ1) is 26.1. The fourth-order valence-electron chi connectivity index (χ4n) is 4.12. The summed E-state index contributed by atoms with van der Waals surface area (Å²) in [5.41, 5.74) is 4.52. The minimum absolute atomic E-state index is 0.0872. The molecule has 1 fully saturated rings. The van der Waals surface area contributed by atoms with E-state index < -0.39 is 37.1 Å². The smallest absolute Gasteiger partial charge is 0.113 e. The second-order valence-electron chi connectivity index (χ2n) is 8.32. The molecule has 182 valence electrons. The maximum Gasteiger partial charge on any atom is 0.113 e. The van der Waals surface area contributed by atoms with E-state index in [1.807, 2.05) is 6.07 Å². The van der Waals surface area contributed by atoms with E-state index in [0.717, 1.165) is 23.1 Å². The summed E-state index contributed by atoms with van der Waals surface area (Å²) in [4.78, 5) is 0. The highest BCUT2D eigenvalue weighted by Gasteiger charge is 2.44. The molecule has 2 aromatic rings. The van der Waals surface area contributed by atoms with Gasteiger partial charge >= 0.3 is 0 Å². The molecule has 8 heteroatoms. The van der Waals surface area contributed by atoms with E-state index in [1.165, 1.54) is 5.56 Å². The first-order chi connectivity index (χ1) is 15.9. The van der Waals surface area contributed by atoms with Gasteiger partial charge in [0.15, 0.2) is 0 Å². The first-order valence-electron chi connectivity index (χ1n) is 11.3. The molecule has 1 aliphatic heterocycles. The summed E-state index contributed by atoms with van der Waals surface area (Å²) in [5, 5.41) is 50.3. The van der Waals surface area contributed by atoms with Gasteiger partial charge in [0.1, 0.15) is 30.5 Å². The fraction of sp³-hybridized carbons (Fsp3) is 0.520. The van der Waals surface area contributed by atoms with Crippen molar-refractivity contribution in [2.75, 3.05) is 26.4 Å². The van der Waals surface area contributed by atoms with Crippen LogP contribution in [0.1, 0.15) is 40.8 Å². The van der Waals surface area contributed by atoms with Crippen LogP contribution < -0.4 is 0 Å². The van der Waals surface area contributed by atoms with Crippen molar-refractivity contribution in [1.29, 1.82) is 0 Å². The number of benzene rings is 2. The topological polar surface area (TPSA) is 120 Å². The van der Waals surface area contributed by atoms with E-state index in [-0.39, 0.29) is 13.2 Å². The average Bonchev–Trinajstić information content (AvgIpc) is 2.83. The van der Waals surface area contributed by atoms with Gasteiger partial charge in [-0.15, -0.1) is 0 Å². The van der Waals surface area contributed by atoms with Gasteiger partial charge in [0.25, 0.3) is 0 Å². The Balaban J connectivity index is 1.95. The van der Waals surface area contributed by atoms with Crippen molar-refractivity contribution >= 4 is 11.6 Å². The second-order valence-corrected chi connectivity index (χ2v) is 8.73. The molecule has 7 nitrogen and oxygen atoms in total. The van der Waals surface area contributed by atoms with Gasteiger partial charge < -0.3 is 35.0 Å². The van der Waals surface area contributed by atoms with Crippen molar-refractivity contribution in [3.8, 4) is 0 Å². The minimum atomic E-state index is -1.47. The maximum atomic E-state index is 10.7. The zero-order valence-corrected chi connectivity index (χ0v) is 19.5. The second kappa shape index (κ2) is 12.2. The monoisotopic (exact) mass is 480 g/mol. The highest BCUT2D eigenvalue weighted by atomic mass is 35.5. The molecule has 1 heterocycles. The number of hydrogen-bond donors (Lipinski definition) is 5. The van der Waals surface area contributed by atoms with E-state index in [2.05, 4.69) is 31.2 Å². The Bertz CT molecular complexity index is 887. The van der Waals surface area contributed by atoms with Gasteiger partial charge in [-0.1, -0.05) is 48.9 Å². The lowest BCUT2D eigenvalue weighted by atomic mass is 9.87. The van der Waals surface area contributed by atoms with Crippen LogP contribution in [0.3, 0.4) is 0 Å². The van der Waals surface area contributed by atoms with Crippen LogP contribution in [0.15, 0.2) is 36.4 Å². The molecular formula is C25H33ClO7. The van der Waals surface area contributed by atoms with Crippen molar-refractivity contribution in [3.05, 3.63) is 69.2 Å². The third-order valence-electron chi connectivity index (χ3n) is 6.08. The first-order valence-corrected chi connectivity index (χ1v) is 11.7. The normalized spacial score (nSPS) is 25.4. The molecule has 1 saturated heterocycles. The summed E-state index contributed by atoms with van der Waals surface area (Å²) < 4.78 is 11.2. The van der Waals surface area contributed by atoms with Crippen LogP contribution in [-0.4, -0.2) is 76.4 Å². The van der Waals surface area contributed by atoms with E-state index in [4.69, 9.17) is 26.2 Å². The fourth-order valence-corrected chi connectivity index (χ4v) is 4.37. The summed E-state index contributed by atoms with van der Waals surface area (Å²) in [6.45, 7) is 2.03. The van der Waals surface area contributed by atoms with Gasteiger partial charge in [0.05, 0.1) is 26.4 Å². The molecule has 0 aromatic heterocycles. The largest absolute Gasteiger partial charge is 0.394 e. The van der Waals surface area contributed by atoms with Gasteiger partial charge in [0, 0.05) is 5.02 Å². The lowest BCUT2D eigenvalue weighted by Gasteiger charge is -2.41. The predicted molar refractivity (Wildman–Crippen MR) is 124 cm³/mol. The number of hydrogen-bond acceptors (Lipinski definition) is 7. The Hall–Kier alpha value is -1.55. The minimum Gasteiger partial charge on any atom is -0.394 e. The molecule has 33 heavy (non-hydrogen) atoms. The van der Waals surface area contributed by atoms with Crippen LogP contribution in [0, 0.1) is 0 Å². The Morgan fingerprint density at radius 2 is 1.61 bits per heavy atom. The van der Waals surface area contributed by atoms with Crippen molar-refractivity contribution in [1.82, 2.24) is 0 Å². The summed E-state index contributed by atoms with van der Waals surface area (Å²) in [7, 11) is 0. The molecule has 5 atom stereocenters. The molecule has 0 aliphatic carbocycles. The van der Waals surface area contributed by atoms with Gasteiger partial charge in [-0.25, -0.2) is 0 Å². The number of aryl methyl sites for hydroxylation is 1. The van der Waals surface area contributed by atoms with Crippen molar-refractivity contribution < 1.29 is 35.0 Å². The number of aliphatic hydroxyl groups is 5. The predicted octanol–water partition coefficient (Wildman–Crippen LogP) is 1.56. The van der Waals surface area contributed by atoms with Gasteiger partial charge in [0.2, 0.25) is 0 Å². The zero-order valence-electron chi connectivity index (χ0n) is 18.7. The number of rotatable bonds is 10.